The highest BCUT2D eigenvalue weighted by Crippen LogP contribution is 2.39. The Kier molecular flexibility index (Phi) is 4.17. The zero-order chi connectivity index (χ0) is 20.7. The number of carbonyl (C=O) groups excluding carboxylic acids is 1. The molecule has 0 unspecified atom stereocenters. The number of aryl methyl sites for hydroxylation is 1. The van der Waals surface area contributed by atoms with Gasteiger partial charge in [0.1, 0.15) is 18.1 Å². The van der Waals surface area contributed by atoms with Crippen molar-refractivity contribution >= 4 is 27.8 Å². The van der Waals surface area contributed by atoms with Crippen LogP contribution in [0.4, 0.5) is 0 Å². The number of aromatic nitrogens is 5. The molecule has 0 aliphatic rings. The lowest BCUT2D eigenvalue weighted by atomic mass is 10.0. The number of nitrogens with zero attached hydrogens (tertiary/aromatic N) is 4. The molecule has 1 aromatic carbocycles. The van der Waals surface area contributed by atoms with Crippen molar-refractivity contribution in [3.8, 4) is 16.9 Å². The second kappa shape index (κ2) is 7.00. The Labute approximate surface area is 171 Å². The maximum absolute atomic E-state index is 11.8. The number of amides is 1. The summed E-state index contributed by atoms with van der Waals surface area (Å²) in [6.45, 7) is 0.346. The molecule has 0 spiro atoms. The van der Waals surface area contributed by atoms with Crippen molar-refractivity contribution < 1.29 is 9.53 Å². The zero-order valence-corrected chi connectivity index (χ0v) is 16.2. The first-order valence-corrected chi connectivity index (χ1v) is 9.37. The predicted molar refractivity (Wildman–Crippen MR) is 113 cm³/mol. The summed E-state index contributed by atoms with van der Waals surface area (Å²) >= 11 is 0. The zero-order valence-electron chi connectivity index (χ0n) is 16.2. The molecule has 0 aliphatic carbocycles. The molecule has 1 amide bonds. The second-order valence-electron chi connectivity index (χ2n) is 6.97. The van der Waals surface area contributed by atoms with Gasteiger partial charge in [0.15, 0.2) is 5.65 Å². The number of pyridine rings is 2. The summed E-state index contributed by atoms with van der Waals surface area (Å²) in [5.74, 6) is 0.127. The van der Waals surface area contributed by atoms with Crippen molar-refractivity contribution in [2.75, 3.05) is 0 Å². The molecule has 0 fully saturated rings. The number of fused-ring (bicyclic) bond motifs is 2. The highest BCUT2D eigenvalue weighted by atomic mass is 16.5. The van der Waals surface area contributed by atoms with Crippen LogP contribution in [-0.4, -0.2) is 30.6 Å². The number of nitrogens with one attached hydrogen (secondary N) is 1. The molecule has 30 heavy (non-hydrogen) atoms. The molecule has 0 atom stereocenters. The first-order chi connectivity index (χ1) is 14.6. The topological polar surface area (TPSA) is 112 Å². The molecule has 4 heterocycles. The lowest BCUT2D eigenvalue weighted by molar-refractivity contribution is 0.0996. The molecule has 148 valence electrons. The number of primary amides is 1. The minimum atomic E-state index is -0.598. The van der Waals surface area contributed by atoms with Crippen LogP contribution >= 0.6 is 0 Å². The Morgan fingerprint density at radius 2 is 2.10 bits per heavy atom. The van der Waals surface area contributed by atoms with Crippen molar-refractivity contribution in [2.45, 2.75) is 6.61 Å². The summed E-state index contributed by atoms with van der Waals surface area (Å²) in [6.07, 6.45) is 5.44. The van der Waals surface area contributed by atoms with Gasteiger partial charge in [-0.2, -0.15) is 5.10 Å². The van der Waals surface area contributed by atoms with Crippen LogP contribution < -0.4 is 10.5 Å². The van der Waals surface area contributed by atoms with Crippen molar-refractivity contribution in [2.24, 2.45) is 12.8 Å². The third-order valence-corrected chi connectivity index (χ3v) is 5.04. The molecule has 0 saturated heterocycles. The fraction of sp³-hybridized carbons (Fsp3) is 0.0909. The van der Waals surface area contributed by atoms with Crippen LogP contribution in [-0.2, 0) is 13.7 Å². The average Bonchev–Trinajstić information content (AvgIpc) is 3.37. The van der Waals surface area contributed by atoms with E-state index in [0.29, 0.717) is 12.3 Å². The lowest BCUT2D eigenvalue weighted by Gasteiger charge is -2.10. The quantitative estimate of drug-likeness (QED) is 0.472. The van der Waals surface area contributed by atoms with Gasteiger partial charge >= 0.3 is 0 Å². The number of benzene rings is 1. The van der Waals surface area contributed by atoms with Gasteiger partial charge in [-0.25, -0.2) is 4.98 Å². The van der Waals surface area contributed by atoms with E-state index in [1.54, 1.807) is 18.5 Å². The molecular weight excluding hydrogens is 380 g/mol. The average molecular weight is 398 g/mol. The number of hydrogen-bond acceptors (Lipinski definition) is 5. The molecule has 3 N–H and O–H groups in total. The van der Waals surface area contributed by atoms with Crippen molar-refractivity contribution in [1.82, 2.24) is 24.7 Å². The van der Waals surface area contributed by atoms with Gasteiger partial charge in [0, 0.05) is 35.8 Å². The highest BCUT2D eigenvalue weighted by Gasteiger charge is 2.19. The van der Waals surface area contributed by atoms with Gasteiger partial charge in [-0.05, 0) is 35.9 Å². The van der Waals surface area contributed by atoms with Crippen molar-refractivity contribution in [3.05, 3.63) is 72.4 Å². The second-order valence-corrected chi connectivity index (χ2v) is 6.97. The lowest BCUT2D eigenvalue weighted by Crippen LogP contribution is -2.13. The van der Waals surface area contributed by atoms with Gasteiger partial charge in [-0.1, -0.05) is 12.1 Å². The van der Waals surface area contributed by atoms with Crippen molar-refractivity contribution in [3.63, 3.8) is 0 Å². The van der Waals surface area contributed by atoms with E-state index >= 15 is 0 Å². The molecule has 0 bridgehead atoms. The van der Waals surface area contributed by atoms with E-state index in [0.717, 1.165) is 38.9 Å². The van der Waals surface area contributed by atoms with Crippen LogP contribution in [0.25, 0.3) is 33.1 Å². The first kappa shape index (κ1) is 17.9. The van der Waals surface area contributed by atoms with Crippen LogP contribution in [0.2, 0.25) is 0 Å². The third kappa shape index (κ3) is 2.95. The Morgan fingerprint density at radius 1 is 1.20 bits per heavy atom. The number of nitrogens with two attached hydrogens (primary N) is 1. The third-order valence-electron chi connectivity index (χ3n) is 5.04. The number of carbonyl (C=O) groups is 1. The highest BCUT2D eigenvalue weighted by molar-refractivity contribution is 6.08. The van der Waals surface area contributed by atoms with Crippen molar-refractivity contribution in [1.29, 1.82) is 0 Å². The van der Waals surface area contributed by atoms with E-state index in [1.807, 2.05) is 54.2 Å². The number of H-pyrrole nitrogens is 1. The summed E-state index contributed by atoms with van der Waals surface area (Å²) < 4.78 is 8.17. The van der Waals surface area contributed by atoms with Gasteiger partial charge in [0.05, 0.1) is 17.4 Å². The Balaban J connectivity index is 1.70. The van der Waals surface area contributed by atoms with Gasteiger partial charge in [-0.15, -0.1) is 0 Å². The predicted octanol–water partition coefficient (Wildman–Crippen LogP) is 3.19. The van der Waals surface area contributed by atoms with Crippen LogP contribution in [0, 0.1) is 0 Å². The Hall–Kier alpha value is -4.20. The van der Waals surface area contributed by atoms with Crippen LogP contribution in [0.1, 0.15) is 16.2 Å². The van der Waals surface area contributed by atoms with Gasteiger partial charge in [0.2, 0.25) is 0 Å². The van der Waals surface area contributed by atoms with E-state index < -0.39 is 5.91 Å². The van der Waals surface area contributed by atoms with Gasteiger partial charge in [0.25, 0.3) is 5.91 Å². The molecule has 0 aliphatic heterocycles. The summed E-state index contributed by atoms with van der Waals surface area (Å²) in [5, 5.41) is 8.64. The Morgan fingerprint density at radius 3 is 2.90 bits per heavy atom. The first-order valence-electron chi connectivity index (χ1n) is 9.37. The van der Waals surface area contributed by atoms with E-state index in [2.05, 4.69) is 20.2 Å². The summed E-state index contributed by atoms with van der Waals surface area (Å²) in [4.78, 5) is 20.4. The molecule has 5 aromatic rings. The summed E-state index contributed by atoms with van der Waals surface area (Å²) in [5.41, 5.74) is 9.73. The Bertz CT molecular complexity index is 1390. The van der Waals surface area contributed by atoms with Crippen LogP contribution in [0.5, 0.6) is 5.75 Å². The molecular formula is C22H18N6O2. The summed E-state index contributed by atoms with van der Waals surface area (Å²) in [7, 11) is 1.97. The molecule has 5 rings (SSSR count). The van der Waals surface area contributed by atoms with E-state index in [1.165, 1.54) is 0 Å². The van der Waals surface area contributed by atoms with E-state index in [9.17, 15) is 4.79 Å². The summed E-state index contributed by atoms with van der Waals surface area (Å²) in [6, 6.07) is 13.3. The largest absolute Gasteiger partial charge is 0.487 e. The fourth-order valence-corrected chi connectivity index (χ4v) is 3.65. The standard InChI is InChI=1S/C22H18N6O2/c1-28-11-16(14-9-17(21(23)29)26-22-15(14)10-25-27-22)20-18(28)6-4-7-19(20)30-12-13-5-2-3-8-24-13/h2-11H,12H2,1H3,(H2,23,29)(H,25,26,27). The molecule has 0 saturated carbocycles. The van der Waals surface area contributed by atoms with Gasteiger partial charge in [-0.3, -0.25) is 14.9 Å². The van der Waals surface area contributed by atoms with E-state index in [4.69, 9.17) is 10.5 Å². The number of aromatic amines is 1. The number of ether oxygens (including phenoxy) is 1. The van der Waals surface area contributed by atoms with Gasteiger partial charge < -0.3 is 15.0 Å². The number of hydrogen-bond donors (Lipinski definition) is 2. The minimum absolute atomic E-state index is 0.172. The smallest absolute Gasteiger partial charge is 0.267 e. The maximum Gasteiger partial charge on any atom is 0.267 e. The maximum atomic E-state index is 11.8. The molecule has 8 nitrogen and oxygen atoms in total. The molecule has 4 aromatic heterocycles. The normalized spacial score (nSPS) is 11.2. The fourth-order valence-electron chi connectivity index (χ4n) is 3.65. The van der Waals surface area contributed by atoms with Crippen LogP contribution in [0.3, 0.4) is 0 Å². The minimum Gasteiger partial charge on any atom is -0.487 e. The van der Waals surface area contributed by atoms with Crippen LogP contribution in [0.15, 0.2) is 61.1 Å². The number of rotatable bonds is 5. The monoisotopic (exact) mass is 398 g/mol. The van der Waals surface area contributed by atoms with E-state index in [-0.39, 0.29) is 5.69 Å². The SMILES string of the molecule is Cn1cc(-c2cc(C(N)=O)nc3[nH]ncc23)c2c(OCc3ccccn3)cccc21. The molecule has 0 radical (unpaired) electrons. The molecule has 8 heteroatoms.